The summed E-state index contributed by atoms with van der Waals surface area (Å²) in [5.74, 6) is 0.00853. The molecule has 184 valence electrons. The molecule has 0 bridgehead atoms. The van der Waals surface area contributed by atoms with Crippen molar-refractivity contribution in [2.75, 3.05) is 18.5 Å². The van der Waals surface area contributed by atoms with Gasteiger partial charge in [-0.25, -0.2) is 4.79 Å². The zero-order valence-corrected chi connectivity index (χ0v) is 21.1. The quantitative estimate of drug-likeness (QED) is 0.290. The van der Waals surface area contributed by atoms with Gasteiger partial charge in [-0.2, -0.15) is 0 Å². The molecule has 0 radical (unpaired) electrons. The van der Waals surface area contributed by atoms with E-state index in [1.807, 2.05) is 55.5 Å². The molecule has 0 aliphatic carbocycles. The number of benzene rings is 3. The zero-order chi connectivity index (χ0) is 25.5. The van der Waals surface area contributed by atoms with E-state index in [9.17, 15) is 14.4 Å². The third kappa shape index (κ3) is 6.11. The molecule has 1 aliphatic rings. The maximum atomic E-state index is 12.9. The van der Waals surface area contributed by atoms with Gasteiger partial charge in [0.25, 0.3) is 11.8 Å². The molecule has 0 aromatic heterocycles. The van der Waals surface area contributed by atoms with E-state index in [1.54, 1.807) is 30.3 Å². The number of halogens is 1. The van der Waals surface area contributed by atoms with Crippen LogP contribution < -0.4 is 20.1 Å². The Morgan fingerprint density at radius 1 is 1.03 bits per heavy atom. The summed E-state index contributed by atoms with van der Waals surface area (Å²) in [6.45, 7) is 2.14. The van der Waals surface area contributed by atoms with Gasteiger partial charge in [-0.05, 0) is 64.3 Å². The van der Waals surface area contributed by atoms with Gasteiger partial charge in [0.2, 0.25) is 0 Å². The van der Waals surface area contributed by atoms with Crippen LogP contribution in [0, 0.1) is 0 Å². The fourth-order valence-corrected chi connectivity index (χ4v) is 4.15. The van der Waals surface area contributed by atoms with E-state index in [2.05, 4.69) is 26.6 Å². The number of nitrogens with zero attached hydrogens (tertiary/aromatic N) is 1. The smallest absolute Gasteiger partial charge is 0.329 e. The molecule has 1 saturated heterocycles. The van der Waals surface area contributed by atoms with Crippen LogP contribution in [0.25, 0.3) is 6.08 Å². The van der Waals surface area contributed by atoms with Gasteiger partial charge in [0, 0.05) is 5.69 Å². The molecule has 1 fully saturated rings. The van der Waals surface area contributed by atoms with E-state index in [1.165, 1.54) is 0 Å². The van der Waals surface area contributed by atoms with Crippen LogP contribution in [0.3, 0.4) is 0 Å². The molecule has 0 spiro atoms. The van der Waals surface area contributed by atoms with Crippen LogP contribution >= 0.6 is 15.9 Å². The average Bonchev–Trinajstić information content (AvgIpc) is 3.12. The highest BCUT2D eigenvalue weighted by atomic mass is 79.9. The van der Waals surface area contributed by atoms with Crippen molar-refractivity contribution >= 4 is 45.5 Å². The molecular weight excluding hydrogens is 526 g/mol. The van der Waals surface area contributed by atoms with Gasteiger partial charge in [-0.3, -0.25) is 14.5 Å². The summed E-state index contributed by atoms with van der Waals surface area (Å²) < 4.78 is 12.0. The minimum atomic E-state index is -0.483. The predicted octanol–water partition coefficient (Wildman–Crippen LogP) is 4.96. The van der Waals surface area contributed by atoms with Crippen molar-refractivity contribution in [3.63, 3.8) is 0 Å². The van der Waals surface area contributed by atoms with Gasteiger partial charge >= 0.3 is 6.03 Å². The third-order valence-electron chi connectivity index (χ3n) is 5.19. The molecule has 4 amide bonds. The van der Waals surface area contributed by atoms with Crippen LogP contribution in [0.4, 0.5) is 10.5 Å². The first-order valence-corrected chi connectivity index (χ1v) is 12.1. The Morgan fingerprint density at radius 2 is 1.72 bits per heavy atom. The number of para-hydroxylation sites is 1. The monoisotopic (exact) mass is 549 g/mol. The lowest BCUT2D eigenvalue weighted by atomic mass is 10.1. The van der Waals surface area contributed by atoms with Crippen LogP contribution in [-0.4, -0.2) is 36.0 Å². The number of ether oxygens (including phenoxy) is 2. The number of nitrogens with one attached hydrogen (secondary N) is 2. The molecule has 2 N–H and O–H groups in total. The van der Waals surface area contributed by atoms with Crippen molar-refractivity contribution in [3.05, 3.63) is 94.1 Å². The van der Waals surface area contributed by atoms with E-state index < -0.39 is 11.9 Å². The Morgan fingerprint density at radius 3 is 2.42 bits per heavy atom. The molecule has 3 aromatic carbocycles. The van der Waals surface area contributed by atoms with Gasteiger partial charge in [-0.15, -0.1) is 0 Å². The molecule has 0 atom stereocenters. The molecule has 0 unspecified atom stereocenters. The second-order valence-electron chi connectivity index (χ2n) is 7.83. The van der Waals surface area contributed by atoms with E-state index in [0.29, 0.717) is 33.8 Å². The summed E-state index contributed by atoms with van der Waals surface area (Å²) in [6.07, 6.45) is 1.57. The fraction of sp³-hybridized carbons (Fsp3) is 0.148. The zero-order valence-electron chi connectivity index (χ0n) is 19.5. The summed E-state index contributed by atoms with van der Waals surface area (Å²) in [6, 6.07) is 21.3. The Balaban J connectivity index is 1.49. The molecule has 3 aromatic rings. The number of rotatable bonds is 9. The molecule has 4 rings (SSSR count). The van der Waals surface area contributed by atoms with Crippen molar-refractivity contribution in [2.45, 2.75) is 13.5 Å². The lowest BCUT2D eigenvalue weighted by Crippen LogP contribution is -2.30. The first-order valence-electron chi connectivity index (χ1n) is 11.3. The van der Waals surface area contributed by atoms with Crippen LogP contribution in [0.2, 0.25) is 0 Å². The lowest BCUT2D eigenvalue weighted by Gasteiger charge is -2.15. The van der Waals surface area contributed by atoms with Gasteiger partial charge in [0.05, 0.1) is 17.6 Å². The van der Waals surface area contributed by atoms with Gasteiger partial charge in [-0.1, -0.05) is 48.5 Å². The third-order valence-corrected chi connectivity index (χ3v) is 5.78. The fourth-order valence-electron chi connectivity index (χ4n) is 3.58. The second-order valence-corrected chi connectivity index (χ2v) is 8.69. The van der Waals surface area contributed by atoms with Gasteiger partial charge < -0.3 is 20.1 Å². The maximum absolute atomic E-state index is 12.9. The van der Waals surface area contributed by atoms with Crippen LogP contribution in [0.5, 0.6) is 11.5 Å². The Bertz CT molecular complexity index is 1300. The number of hydrogen-bond acceptors (Lipinski definition) is 5. The van der Waals surface area contributed by atoms with Crippen molar-refractivity contribution in [1.82, 2.24) is 10.2 Å². The first-order chi connectivity index (χ1) is 17.4. The molecule has 9 heteroatoms. The molecule has 8 nitrogen and oxygen atoms in total. The second kappa shape index (κ2) is 11.5. The Labute approximate surface area is 217 Å². The summed E-state index contributed by atoms with van der Waals surface area (Å²) >= 11 is 3.47. The first kappa shape index (κ1) is 25.0. The summed E-state index contributed by atoms with van der Waals surface area (Å²) in [7, 11) is 0. The SMILES string of the molecule is CCOc1cc(/C=C2/NC(=O)N(Cc3ccccc3)C2=O)cc(Br)c1OCC(=O)Nc1ccccc1. The van der Waals surface area contributed by atoms with Crippen LogP contribution in [-0.2, 0) is 16.1 Å². The van der Waals surface area contributed by atoms with E-state index >= 15 is 0 Å². The van der Waals surface area contributed by atoms with E-state index in [4.69, 9.17) is 9.47 Å². The lowest BCUT2D eigenvalue weighted by molar-refractivity contribution is -0.123. The minimum absolute atomic E-state index is 0.154. The van der Waals surface area contributed by atoms with E-state index in [-0.39, 0.29) is 24.8 Å². The highest BCUT2D eigenvalue weighted by molar-refractivity contribution is 9.10. The van der Waals surface area contributed by atoms with Gasteiger partial charge in [0.15, 0.2) is 18.1 Å². The number of carbonyl (C=O) groups excluding carboxylic acids is 3. The summed E-state index contributed by atoms with van der Waals surface area (Å²) in [5.41, 5.74) is 2.28. The molecular formula is C27H24BrN3O5. The predicted molar refractivity (Wildman–Crippen MR) is 139 cm³/mol. The van der Waals surface area contributed by atoms with E-state index in [0.717, 1.165) is 10.5 Å². The van der Waals surface area contributed by atoms with Crippen molar-refractivity contribution < 1.29 is 23.9 Å². The number of carbonyl (C=O) groups is 3. The Hall–Kier alpha value is -4.11. The molecule has 36 heavy (non-hydrogen) atoms. The number of anilines is 1. The molecule has 1 aliphatic heterocycles. The molecule has 1 heterocycles. The number of imide groups is 1. The van der Waals surface area contributed by atoms with Gasteiger partial charge in [0.1, 0.15) is 5.70 Å². The highest BCUT2D eigenvalue weighted by Gasteiger charge is 2.33. The van der Waals surface area contributed by atoms with Crippen LogP contribution in [0.15, 0.2) is 83.0 Å². The van der Waals surface area contributed by atoms with Crippen molar-refractivity contribution in [1.29, 1.82) is 0 Å². The average molecular weight is 550 g/mol. The minimum Gasteiger partial charge on any atom is -0.490 e. The number of amides is 4. The summed E-state index contributed by atoms with van der Waals surface area (Å²) in [5, 5.41) is 5.39. The van der Waals surface area contributed by atoms with Crippen molar-refractivity contribution in [3.8, 4) is 11.5 Å². The normalized spacial score (nSPS) is 14.1. The van der Waals surface area contributed by atoms with Crippen LogP contribution in [0.1, 0.15) is 18.1 Å². The standard InChI is InChI=1S/C27H24BrN3O5/c1-2-35-23-15-19(13-21(28)25(23)36-17-24(32)29-20-11-7-4-8-12-20)14-22-26(33)31(27(34)30-22)16-18-9-5-3-6-10-18/h3-15H,2,16-17H2,1H3,(H,29,32)(H,30,34)/b22-14+. The number of hydrogen-bond donors (Lipinski definition) is 2. The Kier molecular flexibility index (Phi) is 8.02. The summed E-state index contributed by atoms with van der Waals surface area (Å²) in [4.78, 5) is 38.8. The molecule has 0 saturated carbocycles. The maximum Gasteiger partial charge on any atom is 0.329 e. The van der Waals surface area contributed by atoms with Crippen molar-refractivity contribution in [2.24, 2.45) is 0 Å². The number of urea groups is 1. The topological polar surface area (TPSA) is 97.0 Å². The highest BCUT2D eigenvalue weighted by Crippen LogP contribution is 2.37. The largest absolute Gasteiger partial charge is 0.490 e.